The summed E-state index contributed by atoms with van der Waals surface area (Å²) in [4.78, 5) is 25.0. The molecule has 0 aromatic heterocycles. The quantitative estimate of drug-likeness (QED) is 0.757. The number of nitrogens with zero attached hydrogens (tertiary/aromatic N) is 1. The molecule has 112 valence electrons. The molecule has 5 heteroatoms. The van der Waals surface area contributed by atoms with Crippen molar-refractivity contribution in [3.05, 3.63) is 12.2 Å². The zero-order valence-corrected chi connectivity index (χ0v) is 12.3. The largest absolute Gasteiger partial charge is 0.343 e. The first-order chi connectivity index (χ1) is 9.54. The molecule has 1 saturated carbocycles. The van der Waals surface area contributed by atoms with Gasteiger partial charge in [-0.15, -0.1) is 0 Å². The van der Waals surface area contributed by atoms with Crippen LogP contribution >= 0.6 is 0 Å². The Morgan fingerprint density at radius 1 is 1.15 bits per heavy atom. The van der Waals surface area contributed by atoms with Gasteiger partial charge in [-0.3, -0.25) is 4.79 Å². The van der Waals surface area contributed by atoms with Crippen LogP contribution in [0.25, 0.3) is 0 Å². The Kier molecular flexibility index (Phi) is 5.04. The highest BCUT2D eigenvalue weighted by Crippen LogP contribution is 2.21. The Hall–Kier alpha value is -1.52. The molecule has 1 saturated heterocycles. The summed E-state index contributed by atoms with van der Waals surface area (Å²) in [6.07, 6.45) is 5.81. The number of nitrogens with one attached hydrogen (secondary N) is 2. The minimum absolute atomic E-state index is 0.0778. The van der Waals surface area contributed by atoms with Crippen LogP contribution in [0.4, 0.5) is 4.79 Å². The molecular weight excluding hydrogens is 254 g/mol. The zero-order valence-electron chi connectivity index (χ0n) is 12.3. The number of amides is 3. The van der Waals surface area contributed by atoms with Gasteiger partial charge in [0.1, 0.15) is 0 Å². The van der Waals surface area contributed by atoms with Gasteiger partial charge in [0.05, 0.1) is 0 Å². The van der Waals surface area contributed by atoms with E-state index in [0.29, 0.717) is 0 Å². The first-order valence-electron chi connectivity index (χ1n) is 7.54. The molecule has 2 N–H and O–H groups in total. The lowest BCUT2D eigenvalue weighted by atomic mass is 9.92. The molecule has 1 aliphatic carbocycles. The lowest BCUT2D eigenvalue weighted by molar-refractivity contribution is -0.129. The lowest BCUT2D eigenvalue weighted by Gasteiger charge is -2.32. The van der Waals surface area contributed by atoms with Crippen molar-refractivity contribution >= 4 is 11.9 Å². The minimum Gasteiger partial charge on any atom is -0.343 e. The number of urea groups is 1. The number of hydrogen-bond acceptors (Lipinski definition) is 2. The van der Waals surface area contributed by atoms with Crippen molar-refractivity contribution in [2.45, 2.75) is 57.5 Å². The maximum atomic E-state index is 12.0. The van der Waals surface area contributed by atoms with Gasteiger partial charge in [0.25, 0.3) is 0 Å². The monoisotopic (exact) mass is 279 g/mol. The fraction of sp³-hybridized carbons (Fsp3) is 0.733. The van der Waals surface area contributed by atoms with Crippen molar-refractivity contribution in [2.24, 2.45) is 0 Å². The second-order valence-electron chi connectivity index (χ2n) is 5.94. The summed E-state index contributed by atoms with van der Waals surface area (Å²) in [5.74, 6) is 0.119. The van der Waals surface area contributed by atoms with Crippen LogP contribution in [-0.4, -0.2) is 42.0 Å². The molecular formula is C15H25N3O2. The molecule has 0 bridgehead atoms. The van der Waals surface area contributed by atoms with Crippen LogP contribution < -0.4 is 10.6 Å². The van der Waals surface area contributed by atoms with Gasteiger partial charge in [0, 0.05) is 32.1 Å². The highest BCUT2D eigenvalue weighted by atomic mass is 16.2. The highest BCUT2D eigenvalue weighted by Gasteiger charge is 2.23. The first kappa shape index (κ1) is 14.9. The molecule has 20 heavy (non-hydrogen) atoms. The Bertz CT molecular complexity index is 387. The third-order valence-corrected chi connectivity index (χ3v) is 4.23. The van der Waals surface area contributed by atoms with Gasteiger partial charge in [0.15, 0.2) is 0 Å². The minimum atomic E-state index is -0.0778. The Labute approximate surface area is 120 Å². The number of hydrogen-bond donors (Lipinski definition) is 2. The zero-order chi connectivity index (χ0) is 14.5. The van der Waals surface area contributed by atoms with Crippen LogP contribution in [0.5, 0.6) is 0 Å². The molecule has 1 atom stereocenters. The maximum Gasteiger partial charge on any atom is 0.315 e. The van der Waals surface area contributed by atoms with Crippen molar-refractivity contribution in [1.29, 1.82) is 0 Å². The molecule has 2 rings (SSSR count). The van der Waals surface area contributed by atoms with E-state index in [9.17, 15) is 9.59 Å². The summed E-state index contributed by atoms with van der Waals surface area (Å²) in [6, 6.07) is 0.330. The van der Waals surface area contributed by atoms with Crippen molar-refractivity contribution < 1.29 is 9.59 Å². The molecule has 5 nitrogen and oxygen atoms in total. The number of piperidine rings is 1. The number of carbonyl (C=O) groups is 2. The van der Waals surface area contributed by atoms with Crippen LogP contribution in [0.15, 0.2) is 12.2 Å². The van der Waals surface area contributed by atoms with Gasteiger partial charge in [-0.1, -0.05) is 12.2 Å². The third-order valence-electron chi connectivity index (χ3n) is 4.23. The standard InChI is InChI=1S/C15H25N3O2/c1-11-4-3-5-14(10-11)17-15(20)16-13-6-8-18(9-7-13)12(2)19/h13-14H,1,3-10H2,2H3,(H2,16,17,20). The molecule has 1 aliphatic heterocycles. The van der Waals surface area contributed by atoms with Crippen LogP contribution in [0.1, 0.15) is 45.4 Å². The van der Waals surface area contributed by atoms with Crippen molar-refractivity contribution in [1.82, 2.24) is 15.5 Å². The predicted molar refractivity (Wildman–Crippen MR) is 78.3 cm³/mol. The van der Waals surface area contributed by atoms with E-state index in [1.54, 1.807) is 6.92 Å². The van der Waals surface area contributed by atoms with E-state index in [1.165, 1.54) is 5.57 Å². The third kappa shape index (κ3) is 4.25. The van der Waals surface area contributed by atoms with Crippen molar-refractivity contribution in [3.63, 3.8) is 0 Å². The summed E-state index contributed by atoms with van der Waals surface area (Å²) in [6.45, 7) is 7.07. The fourth-order valence-corrected chi connectivity index (χ4v) is 3.03. The average Bonchev–Trinajstić information content (AvgIpc) is 2.39. The van der Waals surface area contributed by atoms with Gasteiger partial charge >= 0.3 is 6.03 Å². The first-order valence-corrected chi connectivity index (χ1v) is 7.54. The number of carbonyl (C=O) groups excluding carboxylic acids is 2. The lowest BCUT2D eigenvalue weighted by Crippen LogP contribution is -2.51. The van der Waals surface area contributed by atoms with Gasteiger partial charge in [0.2, 0.25) is 5.91 Å². The Morgan fingerprint density at radius 3 is 2.40 bits per heavy atom. The van der Waals surface area contributed by atoms with Crippen molar-refractivity contribution in [2.75, 3.05) is 13.1 Å². The Morgan fingerprint density at radius 2 is 1.80 bits per heavy atom. The SMILES string of the molecule is C=C1CCCC(NC(=O)NC2CCN(C(C)=O)CC2)C1. The number of rotatable bonds is 2. The summed E-state index contributed by atoms with van der Waals surface area (Å²) >= 11 is 0. The molecule has 2 aliphatic rings. The van der Waals surface area contributed by atoms with Gasteiger partial charge < -0.3 is 15.5 Å². The molecule has 0 aromatic rings. The van der Waals surface area contributed by atoms with E-state index >= 15 is 0 Å². The molecule has 1 heterocycles. The second kappa shape index (κ2) is 6.77. The molecule has 0 aromatic carbocycles. The van der Waals surface area contributed by atoms with E-state index in [4.69, 9.17) is 0 Å². The topological polar surface area (TPSA) is 61.4 Å². The van der Waals surface area contributed by atoms with Crippen molar-refractivity contribution in [3.8, 4) is 0 Å². The smallest absolute Gasteiger partial charge is 0.315 e. The number of likely N-dealkylation sites (tertiary alicyclic amines) is 1. The van der Waals surface area contributed by atoms with Crippen LogP contribution in [0.3, 0.4) is 0 Å². The summed E-state index contributed by atoms with van der Waals surface area (Å²) < 4.78 is 0. The summed E-state index contributed by atoms with van der Waals surface area (Å²) in [5, 5.41) is 6.06. The average molecular weight is 279 g/mol. The van der Waals surface area contributed by atoms with E-state index in [2.05, 4.69) is 17.2 Å². The summed E-state index contributed by atoms with van der Waals surface area (Å²) in [5.41, 5.74) is 1.23. The fourth-order valence-electron chi connectivity index (χ4n) is 3.03. The molecule has 0 spiro atoms. The highest BCUT2D eigenvalue weighted by molar-refractivity contribution is 5.75. The van der Waals surface area contributed by atoms with Gasteiger partial charge in [-0.25, -0.2) is 4.79 Å². The van der Waals surface area contributed by atoms with Crippen LogP contribution in [0.2, 0.25) is 0 Å². The van der Waals surface area contributed by atoms with E-state index in [0.717, 1.165) is 51.6 Å². The second-order valence-corrected chi connectivity index (χ2v) is 5.94. The Balaban J connectivity index is 1.70. The summed E-state index contributed by atoms with van der Waals surface area (Å²) in [7, 11) is 0. The normalized spacial score (nSPS) is 24.4. The van der Waals surface area contributed by atoms with Crippen LogP contribution in [0, 0.1) is 0 Å². The molecule has 2 fully saturated rings. The van der Waals surface area contributed by atoms with Crippen LogP contribution in [-0.2, 0) is 4.79 Å². The maximum absolute atomic E-state index is 12.0. The van der Waals surface area contributed by atoms with Gasteiger partial charge in [-0.2, -0.15) is 0 Å². The molecule has 1 unspecified atom stereocenters. The predicted octanol–water partition coefficient (Wildman–Crippen LogP) is 1.80. The van der Waals surface area contributed by atoms with Gasteiger partial charge in [-0.05, 0) is 38.5 Å². The molecule has 3 amide bonds. The van der Waals surface area contributed by atoms with E-state index in [1.807, 2.05) is 4.90 Å². The van der Waals surface area contributed by atoms with E-state index in [-0.39, 0.29) is 24.0 Å². The molecule has 0 radical (unpaired) electrons. The van der Waals surface area contributed by atoms with E-state index < -0.39 is 0 Å².